The number of hydrogen-bond donors (Lipinski definition) is 0. The van der Waals surface area contributed by atoms with Crippen LogP contribution in [-0.4, -0.2) is 52.7 Å². The smallest absolute Gasteiger partial charge is 0.260 e. The molecule has 28 heavy (non-hydrogen) atoms. The van der Waals surface area contributed by atoms with Crippen LogP contribution >= 0.6 is 11.3 Å². The third-order valence-corrected chi connectivity index (χ3v) is 5.48. The Morgan fingerprint density at radius 2 is 1.96 bits per heavy atom. The molecule has 1 saturated heterocycles. The van der Waals surface area contributed by atoms with Crippen molar-refractivity contribution < 1.29 is 18.7 Å². The van der Waals surface area contributed by atoms with Gasteiger partial charge in [0.2, 0.25) is 5.88 Å². The lowest BCUT2D eigenvalue weighted by atomic mass is 10.1. The van der Waals surface area contributed by atoms with Crippen LogP contribution in [0.2, 0.25) is 0 Å². The molecule has 4 rings (SSSR count). The number of carbonyl (C=O) groups is 1. The van der Waals surface area contributed by atoms with Crippen molar-refractivity contribution in [2.45, 2.75) is 26.1 Å². The molecule has 1 aromatic carbocycles. The van der Waals surface area contributed by atoms with E-state index in [1.807, 2.05) is 19.2 Å². The van der Waals surface area contributed by atoms with Crippen LogP contribution in [0.3, 0.4) is 0 Å². The number of halogens is 1. The highest BCUT2D eigenvalue weighted by Crippen LogP contribution is 2.37. The Morgan fingerprint density at radius 3 is 2.68 bits per heavy atom. The summed E-state index contributed by atoms with van der Waals surface area (Å²) in [5, 5.41) is 2.67. The quantitative estimate of drug-likeness (QED) is 0.669. The van der Waals surface area contributed by atoms with E-state index < -0.39 is 0 Å². The minimum atomic E-state index is -0.296. The zero-order chi connectivity index (χ0) is 19.7. The van der Waals surface area contributed by atoms with Crippen LogP contribution in [0.4, 0.5) is 4.39 Å². The summed E-state index contributed by atoms with van der Waals surface area (Å²) in [7, 11) is 0. The number of ether oxygens (including phenoxy) is 2. The molecule has 1 aliphatic rings. The Hall–Kier alpha value is -2.58. The summed E-state index contributed by atoms with van der Waals surface area (Å²) in [4.78, 5) is 23.6. The molecule has 0 bridgehead atoms. The molecule has 0 spiro atoms. The van der Waals surface area contributed by atoms with Crippen LogP contribution in [0.5, 0.6) is 5.88 Å². The van der Waals surface area contributed by atoms with E-state index in [0.29, 0.717) is 19.0 Å². The summed E-state index contributed by atoms with van der Waals surface area (Å²) in [6, 6.07) is 6.23. The monoisotopic (exact) mass is 401 g/mol. The molecule has 8 heteroatoms. The first-order valence-electron chi connectivity index (χ1n) is 9.05. The average molecular weight is 401 g/mol. The van der Waals surface area contributed by atoms with Crippen molar-refractivity contribution in [3.8, 4) is 17.0 Å². The molecule has 0 radical (unpaired) electrons. The zero-order valence-corrected chi connectivity index (χ0v) is 16.4. The largest absolute Gasteiger partial charge is 0.467 e. The highest BCUT2D eigenvalue weighted by molar-refractivity contribution is 7.17. The second-order valence-corrected chi connectivity index (χ2v) is 7.72. The molecular formula is C20H20FN3O3S. The number of carbonyl (C=O) groups excluding carboxylic acids is 1. The van der Waals surface area contributed by atoms with Gasteiger partial charge in [-0.1, -0.05) is 12.1 Å². The second kappa shape index (κ2) is 7.81. The lowest BCUT2D eigenvalue weighted by molar-refractivity contribution is -0.145. The van der Waals surface area contributed by atoms with Gasteiger partial charge in [0.25, 0.3) is 5.91 Å². The van der Waals surface area contributed by atoms with E-state index in [-0.39, 0.29) is 30.5 Å². The number of nitrogens with zero attached hydrogens (tertiary/aromatic N) is 3. The van der Waals surface area contributed by atoms with E-state index >= 15 is 0 Å². The van der Waals surface area contributed by atoms with Crippen LogP contribution in [0.1, 0.15) is 13.8 Å². The van der Waals surface area contributed by atoms with Crippen molar-refractivity contribution >= 4 is 27.5 Å². The Morgan fingerprint density at radius 1 is 1.25 bits per heavy atom. The summed E-state index contributed by atoms with van der Waals surface area (Å²) in [5.74, 6) is -0.0452. The van der Waals surface area contributed by atoms with Gasteiger partial charge in [-0.15, -0.1) is 11.3 Å². The van der Waals surface area contributed by atoms with Crippen LogP contribution < -0.4 is 4.74 Å². The molecule has 6 nitrogen and oxygen atoms in total. The predicted octanol–water partition coefficient (Wildman–Crippen LogP) is 3.51. The fourth-order valence-electron chi connectivity index (χ4n) is 3.40. The molecule has 1 fully saturated rings. The van der Waals surface area contributed by atoms with E-state index in [1.165, 1.54) is 29.8 Å². The average Bonchev–Trinajstić information content (AvgIpc) is 3.10. The number of thiophene rings is 1. The highest BCUT2D eigenvalue weighted by atomic mass is 32.1. The van der Waals surface area contributed by atoms with Gasteiger partial charge < -0.3 is 14.4 Å². The maximum absolute atomic E-state index is 13.3. The van der Waals surface area contributed by atoms with Gasteiger partial charge in [0.1, 0.15) is 17.0 Å². The summed E-state index contributed by atoms with van der Waals surface area (Å²) in [5.41, 5.74) is 1.70. The minimum absolute atomic E-state index is 0.000379. The number of rotatable bonds is 4. The van der Waals surface area contributed by atoms with E-state index in [9.17, 15) is 9.18 Å². The number of amides is 1. The van der Waals surface area contributed by atoms with Crippen molar-refractivity contribution in [1.29, 1.82) is 0 Å². The molecule has 3 heterocycles. The Kier molecular flexibility index (Phi) is 5.23. The molecule has 1 amide bonds. The molecule has 0 unspecified atom stereocenters. The maximum Gasteiger partial charge on any atom is 0.260 e. The predicted molar refractivity (Wildman–Crippen MR) is 105 cm³/mol. The number of benzene rings is 1. The Bertz CT molecular complexity index is 982. The van der Waals surface area contributed by atoms with Gasteiger partial charge in [-0.2, -0.15) is 0 Å². The molecule has 0 aliphatic carbocycles. The van der Waals surface area contributed by atoms with E-state index in [4.69, 9.17) is 9.47 Å². The zero-order valence-electron chi connectivity index (χ0n) is 15.6. The van der Waals surface area contributed by atoms with Gasteiger partial charge >= 0.3 is 0 Å². The van der Waals surface area contributed by atoms with E-state index in [1.54, 1.807) is 17.0 Å². The maximum atomic E-state index is 13.3. The number of morpholine rings is 1. The van der Waals surface area contributed by atoms with Crippen molar-refractivity contribution in [3.63, 3.8) is 0 Å². The van der Waals surface area contributed by atoms with Gasteiger partial charge in [-0.3, -0.25) is 4.79 Å². The molecule has 0 N–H and O–H groups in total. The van der Waals surface area contributed by atoms with Crippen molar-refractivity contribution in [2.75, 3.05) is 19.7 Å². The molecule has 0 saturated carbocycles. The number of hydrogen-bond acceptors (Lipinski definition) is 6. The first kappa shape index (κ1) is 18.8. The van der Waals surface area contributed by atoms with Gasteiger partial charge in [-0.25, -0.2) is 14.4 Å². The molecular weight excluding hydrogens is 381 g/mol. The lowest BCUT2D eigenvalue weighted by Gasteiger charge is -2.35. The number of aromatic nitrogens is 2. The molecule has 3 aromatic rings. The number of fused-ring (bicyclic) bond motifs is 1. The van der Waals surface area contributed by atoms with Crippen LogP contribution in [0.25, 0.3) is 21.3 Å². The molecule has 146 valence electrons. The fourth-order valence-corrected chi connectivity index (χ4v) is 4.31. The second-order valence-electron chi connectivity index (χ2n) is 6.86. The van der Waals surface area contributed by atoms with E-state index in [2.05, 4.69) is 9.97 Å². The Balaban J connectivity index is 1.56. The minimum Gasteiger partial charge on any atom is -0.467 e. The summed E-state index contributed by atoms with van der Waals surface area (Å²) >= 11 is 1.45. The lowest BCUT2D eigenvalue weighted by Crippen LogP contribution is -2.49. The third-order valence-electron chi connectivity index (χ3n) is 4.60. The van der Waals surface area contributed by atoms with Gasteiger partial charge in [0.15, 0.2) is 6.61 Å². The standard InChI is InChI=1S/C20H20FN3O3S/c1-12-7-24(8-13(2)27-12)17(25)9-26-19-18-16(10-28-20(18)23-11-22-19)14-3-5-15(21)6-4-14/h3-6,10-13H,7-9H2,1-2H3/t12-,13-/m0/s1. The van der Waals surface area contributed by atoms with Crippen LogP contribution in [0, 0.1) is 5.82 Å². The summed E-state index contributed by atoms with van der Waals surface area (Å²) < 4.78 is 24.7. The summed E-state index contributed by atoms with van der Waals surface area (Å²) in [6.45, 7) is 4.89. The van der Waals surface area contributed by atoms with Crippen molar-refractivity contribution in [3.05, 3.63) is 41.8 Å². The van der Waals surface area contributed by atoms with Crippen molar-refractivity contribution in [1.82, 2.24) is 14.9 Å². The van der Waals surface area contributed by atoms with Crippen molar-refractivity contribution in [2.24, 2.45) is 0 Å². The topological polar surface area (TPSA) is 64.6 Å². The van der Waals surface area contributed by atoms with Crippen LogP contribution in [-0.2, 0) is 9.53 Å². The molecule has 1 aliphatic heterocycles. The molecule has 2 aromatic heterocycles. The Labute approximate surface area is 165 Å². The van der Waals surface area contributed by atoms with Gasteiger partial charge in [0.05, 0.1) is 17.6 Å². The fraction of sp³-hybridized carbons (Fsp3) is 0.350. The SMILES string of the molecule is C[C@H]1CN(C(=O)COc2ncnc3scc(-c4ccc(F)cc4)c23)C[C@H](C)O1. The third kappa shape index (κ3) is 3.83. The first-order valence-corrected chi connectivity index (χ1v) is 9.93. The van der Waals surface area contributed by atoms with E-state index in [0.717, 1.165) is 21.3 Å². The van der Waals surface area contributed by atoms with Gasteiger partial charge in [-0.05, 0) is 31.5 Å². The first-order chi connectivity index (χ1) is 13.5. The normalized spacial score (nSPS) is 19.8. The molecule has 2 atom stereocenters. The summed E-state index contributed by atoms with van der Waals surface area (Å²) in [6.07, 6.45) is 1.42. The van der Waals surface area contributed by atoms with Crippen LogP contribution in [0.15, 0.2) is 36.0 Å². The highest BCUT2D eigenvalue weighted by Gasteiger charge is 2.26. The van der Waals surface area contributed by atoms with Gasteiger partial charge in [0, 0.05) is 24.0 Å².